The summed E-state index contributed by atoms with van der Waals surface area (Å²) in [4.78, 5) is 15.5. The molecule has 1 amide bonds. The van der Waals surface area contributed by atoms with E-state index >= 15 is 0 Å². The van der Waals surface area contributed by atoms with Crippen molar-refractivity contribution in [1.82, 2.24) is 10.3 Å². The lowest BCUT2D eigenvalue weighted by atomic mass is 9.97. The van der Waals surface area contributed by atoms with Gasteiger partial charge in [-0.25, -0.2) is 18.2 Å². The Labute approximate surface area is 190 Å². The van der Waals surface area contributed by atoms with Crippen molar-refractivity contribution in [2.24, 2.45) is 11.5 Å². The molecule has 1 aliphatic heterocycles. The van der Waals surface area contributed by atoms with Gasteiger partial charge in [-0.15, -0.1) is 0 Å². The van der Waals surface area contributed by atoms with Gasteiger partial charge in [0.1, 0.15) is 29.4 Å². The van der Waals surface area contributed by atoms with Crippen LogP contribution in [0, 0.1) is 17.5 Å². The molecule has 1 aromatic heterocycles. The second kappa shape index (κ2) is 10.4. The highest BCUT2D eigenvalue weighted by Gasteiger charge is 2.44. The minimum Gasteiger partial charge on any atom is -0.397 e. The number of primary amides is 1. The lowest BCUT2D eigenvalue weighted by Crippen LogP contribution is -2.62. The van der Waals surface area contributed by atoms with E-state index in [4.69, 9.17) is 16.2 Å². The van der Waals surface area contributed by atoms with Gasteiger partial charge in [0, 0.05) is 22.9 Å². The van der Waals surface area contributed by atoms with Crippen molar-refractivity contribution < 1.29 is 38.0 Å². The van der Waals surface area contributed by atoms with Gasteiger partial charge in [-0.1, -0.05) is 11.8 Å². The van der Waals surface area contributed by atoms with Crippen molar-refractivity contribution >= 4 is 23.4 Å². The predicted molar refractivity (Wildman–Crippen MR) is 112 cm³/mol. The predicted octanol–water partition coefficient (Wildman–Crippen LogP) is 0.0444. The second-order valence-electron chi connectivity index (χ2n) is 7.11. The molecule has 0 aliphatic carbocycles. The highest BCUT2D eigenvalue weighted by Crippen LogP contribution is 2.33. The molecular weight excluding hydrogens is 465 g/mol. The number of aliphatic hydroxyl groups excluding tert-OH is 3. The van der Waals surface area contributed by atoms with E-state index in [0.717, 1.165) is 18.0 Å². The van der Waals surface area contributed by atoms with Crippen molar-refractivity contribution in [2.75, 3.05) is 6.61 Å². The number of aliphatic hydroxyl groups is 3. The van der Waals surface area contributed by atoms with Crippen LogP contribution in [0.2, 0.25) is 0 Å². The molecule has 0 spiro atoms. The Morgan fingerprint density at radius 2 is 1.85 bits per heavy atom. The van der Waals surface area contributed by atoms with Crippen molar-refractivity contribution in [2.45, 2.75) is 34.7 Å². The first-order chi connectivity index (χ1) is 15.6. The fourth-order valence-electron chi connectivity index (χ4n) is 3.10. The lowest BCUT2D eigenvalue weighted by Gasteiger charge is -2.42. The largest absolute Gasteiger partial charge is 0.397 e. The highest BCUT2D eigenvalue weighted by molar-refractivity contribution is 7.99. The molecule has 1 aromatic carbocycles. The number of hydrogen-bond donors (Lipinski definition) is 6. The Balaban J connectivity index is 1.78. The van der Waals surface area contributed by atoms with E-state index in [1.54, 1.807) is 0 Å². The number of hydrogen-bond acceptors (Lipinski definition) is 9. The van der Waals surface area contributed by atoms with Crippen LogP contribution in [0.1, 0.15) is 16.1 Å². The fraction of sp³-hybridized carbons (Fsp3) is 0.300. The Bertz CT molecular complexity index is 1020. The highest BCUT2D eigenvalue weighted by atomic mass is 32.2. The van der Waals surface area contributed by atoms with Crippen molar-refractivity contribution in [1.29, 1.82) is 0 Å². The molecular formula is C20H21F3N4O5S. The molecule has 2 heterocycles. The molecule has 0 radical (unpaired) electrons. The molecule has 1 fully saturated rings. The van der Waals surface area contributed by atoms with Gasteiger partial charge in [-0.3, -0.25) is 4.79 Å². The number of nitrogens with one attached hydrogen (secondary N) is 1. The summed E-state index contributed by atoms with van der Waals surface area (Å²) in [7, 11) is 0. The first kappa shape index (κ1) is 24.8. The fourth-order valence-corrected chi connectivity index (χ4v) is 4.14. The molecule has 8 N–H and O–H groups in total. The number of carbonyl (C=O) groups excluding carboxylic acids is 1. The number of aromatic nitrogens is 1. The SMILES string of the molecule is NC(=O)c1ccc(SC2OC(CO)C(O)C(N/C=C(\N)c3cc(F)c(F)c(F)c3)C2O)cn1. The molecule has 13 heteroatoms. The van der Waals surface area contributed by atoms with E-state index in [1.165, 1.54) is 18.3 Å². The van der Waals surface area contributed by atoms with Crippen LogP contribution in [-0.4, -0.2) is 62.6 Å². The zero-order chi connectivity index (χ0) is 24.3. The summed E-state index contributed by atoms with van der Waals surface area (Å²) in [6.07, 6.45) is -1.39. The molecule has 1 saturated heterocycles. The summed E-state index contributed by atoms with van der Waals surface area (Å²) in [6.45, 7) is -0.574. The maximum absolute atomic E-state index is 13.5. The number of halogens is 3. The van der Waals surface area contributed by atoms with Crippen molar-refractivity contribution in [3.05, 3.63) is 65.4 Å². The van der Waals surface area contributed by atoms with E-state index in [2.05, 4.69) is 10.3 Å². The van der Waals surface area contributed by atoms with Crippen molar-refractivity contribution in [3.63, 3.8) is 0 Å². The van der Waals surface area contributed by atoms with Gasteiger partial charge >= 0.3 is 0 Å². The molecule has 3 rings (SSSR count). The van der Waals surface area contributed by atoms with Crippen LogP contribution >= 0.6 is 11.8 Å². The number of carbonyl (C=O) groups is 1. The number of pyridine rings is 1. The van der Waals surface area contributed by atoms with Gasteiger partial charge in [0.15, 0.2) is 17.5 Å². The molecule has 5 unspecified atom stereocenters. The maximum Gasteiger partial charge on any atom is 0.267 e. The number of thioether (sulfide) groups is 1. The Hall–Kier alpha value is -2.84. The van der Waals surface area contributed by atoms with Crippen LogP contribution in [0.3, 0.4) is 0 Å². The summed E-state index contributed by atoms with van der Waals surface area (Å²) < 4.78 is 45.7. The summed E-state index contributed by atoms with van der Waals surface area (Å²) in [5.74, 6) is -5.21. The topological polar surface area (TPSA) is 164 Å². The van der Waals surface area contributed by atoms with Crippen LogP contribution in [0.15, 0.2) is 41.6 Å². The minimum atomic E-state index is -1.64. The molecule has 0 saturated carbocycles. The number of amides is 1. The van der Waals surface area contributed by atoms with E-state index in [1.807, 2.05) is 0 Å². The smallest absolute Gasteiger partial charge is 0.267 e. The lowest BCUT2D eigenvalue weighted by molar-refractivity contribution is -0.164. The molecule has 0 bridgehead atoms. The van der Waals surface area contributed by atoms with Gasteiger partial charge in [-0.05, 0) is 24.3 Å². The maximum atomic E-state index is 13.5. The zero-order valence-corrected chi connectivity index (χ0v) is 17.7. The third-order valence-corrected chi connectivity index (χ3v) is 6.01. The molecule has 5 atom stereocenters. The Morgan fingerprint density at radius 3 is 2.39 bits per heavy atom. The van der Waals surface area contributed by atoms with E-state index < -0.39 is 59.8 Å². The summed E-state index contributed by atoms with van der Waals surface area (Å²) >= 11 is 1.01. The quantitative estimate of drug-likeness (QED) is 0.297. The number of nitrogens with two attached hydrogens (primary N) is 2. The number of rotatable bonds is 7. The van der Waals surface area contributed by atoms with Crippen LogP contribution < -0.4 is 16.8 Å². The molecule has 9 nitrogen and oxygen atoms in total. The molecule has 1 aliphatic rings. The average molecular weight is 486 g/mol. The molecule has 178 valence electrons. The first-order valence-corrected chi connectivity index (χ1v) is 10.4. The summed E-state index contributed by atoms with van der Waals surface area (Å²) in [5.41, 5.74) is 9.64. The standard InChI is InChI=1S/C20H21F3N4O5S/c21-10-3-8(4-11(22)15(10)23)12(24)6-27-16-17(29)14(7-28)32-20(18(16)30)33-9-1-2-13(19(25)31)26-5-9/h1-6,14,16-18,20,27-30H,7,24H2,(H2,25,31)/b12-6-. The zero-order valence-electron chi connectivity index (χ0n) is 16.9. The van der Waals surface area contributed by atoms with Gasteiger partial charge in [0.05, 0.1) is 18.3 Å². The molecule has 2 aromatic rings. The van der Waals surface area contributed by atoms with Gasteiger partial charge in [-0.2, -0.15) is 0 Å². The van der Waals surface area contributed by atoms with Gasteiger partial charge in [0.25, 0.3) is 5.91 Å². The number of benzene rings is 1. The van der Waals surface area contributed by atoms with Gasteiger partial charge in [0.2, 0.25) is 0 Å². The van der Waals surface area contributed by atoms with Crippen LogP contribution in [0.25, 0.3) is 5.70 Å². The third-order valence-electron chi connectivity index (χ3n) is 4.87. The summed E-state index contributed by atoms with van der Waals surface area (Å²) in [5, 5.41) is 33.4. The molecule has 33 heavy (non-hydrogen) atoms. The monoisotopic (exact) mass is 486 g/mol. The second-order valence-corrected chi connectivity index (χ2v) is 8.29. The minimum absolute atomic E-state index is 0.0435. The Kier molecular flexibility index (Phi) is 7.81. The van der Waals surface area contributed by atoms with Crippen LogP contribution in [-0.2, 0) is 4.74 Å². The van der Waals surface area contributed by atoms with E-state index in [0.29, 0.717) is 17.0 Å². The van der Waals surface area contributed by atoms with Crippen molar-refractivity contribution in [3.8, 4) is 0 Å². The average Bonchev–Trinajstić information content (AvgIpc) is 2.79. The number of ether oxygens (including phenoxy) is 1. The number of nitrogens with zero attached hydrogens (tertiary/aromatic N) is 1. The van der Waals surface area contributed by atoms with Gasteiger partial charge < -0.3 is 36.8 Å². The Morgan fingerprint density at radius 1 is 1.18 bits per heavy atom. The van der Waals surface area contributed by atoms with Crippen LogP contribution in [0.4, 0.5) is 13.2 Å². The van der Waals surface area contributed by atoms with E-state index in [9.17, 15) is 33.3 Å². The first-order valence-electron chi connectivity index (χ1n) is 9.54. The normalized spacial score (nSPS) is 25.6. The van der Waals surface area contributed by atoms with Crippen LogP contribution in [0.5, 0.6) is 0 Å². The third kappa shape index (κ3) is 5.57. The van der Waals surface area contributed by atoms with E-state index in [-0.39, 0.29) is 17.0 Å². The summed E-state index contributed by atoms with van der Waals surface area (Å²) in [6, 6.07) is 3.20.